The van der Waals surface area contributed by atoms with Crippen LogP contribution in [-0.4, -0.2) is 32.9 Å². The Bertz CT molecular complexity index is 690. The van der Waals surface area contributed by atoms with Gasteiger partial charge in [-0.05, 0) is 29.8 Å². The summed E-state index contributed by atoms with van der Waals surface area (Å²) in [5.74, 6) is -0.115. The molecule has 1 saturated heterocycles. The molecular weight excluding hydrogens is 316 g/mol. The summed E-state index contributed by atoms with van der Waals surface area (Å²) in [6, 6.07) is 10.2. The maximum atomic E-state index is 13.6. The van der Waals surface area contributed by atoms with E-state index in [9.17, 15) is 8.78 Å². The van der Waals surface area contributed by atoms with Gasteiger partial charge in [-0.3, -0.25) is 0 Å². The maximum Gasteiger partial charge on any atom is 0.163 e. The second kappa shape index (κ2) is 7.59. The summed E-state index contributed by atoms with van der Waals surface area (Å²) in [5.41, 5.74) is 0.648. The van der Waals surface area contributed by atoms with Crippen molar-refractivity contribution in [1.29, 1.82) is 0 Å². The number of morpholine rings is 1. The van der Waals surface area contributed by atoms with Gasteiger partial charge in [-0.25, -0.2) is 8.78 Å². The third-order valence-electron chi connectivity index (χ3n) is 3.85. The lowest BCUT2D eigenvalue weighted by atomic mass is 10.0. The van der Waals surface area contributed by atoms with Crippen molar-refractivity contribution < 1.29 is 23.0 Å². The van der Waals surface area contributed by atoms with E-state index < -0.39 is 11.9 Å². The van der Waals surface area contributed by atoms with E-state index in [1.165, 1.54) is 37.4 Å². The van der Waals surface area contributed by atoms with E-state index in [2.05, 4.69) is 5.32 Å². The number of hydrogen-bond donors (Lipinski definition) is 1. The van der Waals surface area contributed by atoms with Gasteiger partial charge in [0, 0.05) is 19.2 Å². The first kappa shape index (κ1) is 16.7. The van der Waals surface area contributed by atoms with Crippen LogP contribution >= 0.6 is 0 Å². The third-order valence-corrected chi connectivity index (χ3v) is 3.85. The van der Waals surface area contributed by atoms with Crippen LogP contribution in [0, 0.1) is 11.6 Å². The first-order chi connectivity index (χ1) is 11.7. The number of ether oxygens (including phenoxy) is 3. The molecule has 0 radical (unpaired) electrons. The minimum atomic E-state index is -0.548. The zero-order chi connectivity index (χ0) is 16.9. The van der Waals surface area contributed by atoms with Crippen molar-refractivity contribution in [2.24, 2.45) is 0 Å². The molecule has 0 unspecified atom stereocenters. The van der Waals surface area contributed by atoms with Gasteiger partial charge in [-0.15, -0.1) is 0 Å². The van der Waals surface area contributed by atoms with E-state index in [0.29, 0.717) is 24.5 Å². The van der Waals surface area contributed by atoms with Crippen LogP contribution in [0.2, 0.25) is 0 Å². The molecule has 0 saturated carbocycles. The molecule has 0 aromatic heterocycles. The van der Waals surface area contributed by atoms with Crippen molar-refractivity contribution >= 4 is 0 Å². The highest BCUT2D eigenvalue weighted by atomic mass is 19.1. The van der Waals surface area contributed by atoms with Crippen LogP contribution in [0.3, 0.4) is 0 Å². The molecular formula is C18H19F2NO3. The van der Waals surface area contributed by atoms with E-state index in [1.54, 1.807) is 12.1 Å². The number of benzene rings is 2. The van der Waals surface area contributed by atoms with Gasteiger partial charge in [0.15, 0.2) is 17.6 Å². The lowest BCUT2D eigenvalue weighted by Gasteiger charge is -2.32. The lowest BCUT2D eigenvalue weighted by Crippen LogP contribution is -2.43. The topological polar surface area (TPSA) is 39.7 Å². The van der Waals surface area contributed by atoms with Crippen molar-refractivity contribution in [3.63, 3.8) is 0 Å². The fourth-order valence-electron chi connectivity index (χ4n) is 2.70. The zero-order valence-electron chi connectivity index (χ0n) is 13.3. The Hall–Kier alpha value is -2.18. The number of hydrogen-bond acceptors (Lipinski definition) is 4. The number of methoxy groups -OCH3 is 1. The molecule has 6 heteroatoms. The molecule has 1 aliphatic heterocycles. The normalized spacial score (nSPS) is 18.9. The van der Waals surface area contributed by atoms with Crippen molar-refractivity contribution in [2.75, 3.05) is 26.8 Å². The standard InChI is InChI=1S/C18H19F2NO3/c1-22-16-10-14(20)5-6-15(16)24-18(17-11-21-7-8-23-17)12-3-2-4-13(19)9-12/h2-6,9-10,17-18,21H,7-8,11H2,1H3/t17-,18-/m0/s1. The van der Waals surface area contributed by atoms with Gasteiger partial charge in [0.25, 0.3) is 0 Å². The largest absolute Gasteiger partial charge is 0.493 e. The molecule has 2 atom stereocenters. The van der Waals surface area contributed by atoms with Gasteiger partial charge in [-0.2, -0.15) is 0 Å². The molecule has 0 amide bonds. The van der Waals surface area contributed by atoms with Crippen LogP contribution in [0.5, 0.6) is 11.5 Å². The molecule has 2 aromatic rings. The van der Waals surface area contributed by atoms with Crippen LogP contribution in [0.4, 0.5) is 8.78 Å². The van der Waals surface area contributed by atoms with Crippen molar-refractivity contribution in [3.05, 3.63) is 59.7 Å². The van der Waals surface area contributed by atoms with Gasteiger partial charge >= 0.3 is 0 Å². The molecule has 2 aromatic carbocycles. The van der Waals surface area contributed by atoms with Crippen molar-refractivity contribution in [2.45, 2.75) is 12.2 Å². The van der Waals surface area contributed by atoms with Crippen molar-refractivity contribution in [3.8, 4) is 11.5 Å². The lowest BCUT2D eigenvalue weighted by molar-refractivity contribution is -0.0439. The summed E-state index contributed by atoms with van der Waals surface area (Å²) < 4.78 is 44.0. The maximum absolute atomic E-state index is 13.6. The minimum absolute atomic E-state index is 0.278. The molecule has 0 bridgehead atoms. The Morgan fingerprint density at radius 3 is 2.67 bits per heavy atom. The molecule has 1 aliphatic rings. The predicted molar refractivity (Wildman–Crippen MR) is 85.3 cm³/mol. The SMILES string of the molecule is COc1cc(F)ccc1O[C@@H](c1cccc(F)c1)[C@@H]1CNCCO1. The molecule has 0 aliphatic carbocycles. The van der Waals surface area contributed by atoms with E-state index in [0.717, 1.165) is 6.54 Å². The first-order valence-electron chi connectivity index (χ1n) is 7.75. The average Bonchev–Trinajstić information content (AvgIpc) is 2.61. The summed E-state index contributed by atoms with van der Waals surface area (Å²) in [5, 5.41) is 3.23. The van der Waals surface area contributed by atoms with Gasteiger partial charge in [0.2, 0.25) is 0 Å². The molecule has 3 rings (SSSR count). The molecule has 1 N–H and O–H groups in total. The van der Waals surface area contributed by atoms with Crippen molar-refractivity contribution in [1.82, 2.24) is 5.32 Å². The highest BCUT2D eigenvalue weighted by Crippen LogP contribution is 2.34. The van der Waals surface area contributed by atoms with Crippen LogP contribution < -0.4 is 14.8 Å². The molecule has 4 nitrogen and oxygen atoms in total. The average molecular weight is 335 g/mol. The Morgan fingerprint density at radius 1 is 1.12 bits per heavy atom. The quantitative estimate of drug-likeness (QED) is 0.912. The second-order valence-electron chi connectivity index (χ2n) is 5.50. The van der Waals surface area contributed by atoms with Gasteiger partial charge in [-0.1, -0.05) is 12.1 Å². The van der Waals surface area contributed by atoms with Crippen LogP contribution in [-0.2, 0) is 4.74 Å². The Balaban J connectivity index is 1.92. The summed E-state index contributed by atoms with van der Waals surface area (Å²) in [6.45, 7) is 1.87. The highest BCUT2D eigenvalue weighted by Gasteiger charge is 2.29. The summed E-state index contributed by atoms with van der Waals surface area (Å²) in [7, 11) is 1.44. The Morgan fingerprint density at radius 2 is 1.96 bits per heavy atom. The van der Waals surface area contributed by atoms with Crippen LogP contribution in [0.25, 0.3) is 0 Å². The van der Waals surface area contributed by atoms with Gasteiger partial charge in [0.1, 0.15) is 17.7 Å². The molecule has 1 fully saturated rings. The van der Waals surface area contributed by atoms with E-state index in [4.69, 9.17) is 14.2 Å². The molecule has 0 spiro atoms. The number of halogens is 2. The van der Waals surface area contributed by atoms with Gasteiger partial charge < -0.3 is 19.5 Å². The van der Waals surface area contributed by atoms with E-state index in [1.807, 2.05) is 0 Å². The fraction of sp³-hybridized carbons (Fsp3) is 0.333. The van der Waals surface area contributed by atoms with Crippen LogP contribution in [0.1, 0.15) is 11.7 Å². The molecule has 24 heavy (non-hydrogen) atoms. The third kappa shape index (κ3) is 3.83. The number of rotatable bonds is 5. The molecule has 128 valence electrons. The fourth-order valence-corrected chi connectivity index (χ4v) is 2.70. The monoisotopic (exact) mass is 335 g/mol. The second-order valence-corrected chi connectivity index (χ2v) is 5.50. The van der Waals surface area contributed by atoms with Crippen LogP contribution in [0.15, 0.2) is 42.5 Å². The summed E-state index contributed by atoms with van der Waals surface area (Å²) in [4.78, 5) is 0. The highest BCUT2D eigenvalue weighted by molar-refractivity contribution is 5.40. The first-order valence-corrected chi connectivity index (χ1v) is 7.75. The summed E-state index contributed by atoms with van der Waals surface area (Å²) >= 11 is 0. The summed E-state index contributed by atoms with van der Waals surface area (Å²) in [6.07, 6.45) is -0.844. The zero-order valence-corrected chi connectivity index (χ0v) is 13.3. The molecule has 1 heterocycles. The smallest absolute Gasteiger partial charge is 0.163 e. The number of nitrogens with one attached hydrogen (secondary N) is 1. The Labute approximate surface area is 139 Å². The minimum Gasteiger partial charge on any atom is -0.493 e. The van der Waals surface area contributed by atoms with Gasteiger partial charge in [0.05, 0.1) is 13.7 Å². The Kier molecular flexibility index (Phi) is 5.27. The predicted octanol–water partition coefficient (Wildman–Crippen LogP) is 3.08. The van der Waals surface area contributed by atoms with E-state index in [-0.39, 0.29) is 17.7 Å². The van der Waals surface area contributed by atoms with E-state index >= 15 is 0 Å².